The molecule has 0 aromatic carbocycles. The molecule has 0 aliphatic rings. The van der Waals surface area contributed by atoms with Gasteiger partial charge in [0, 0.05) is 14.4 Å². The SMILES string of the molecule is NP(N)CC=CO. The number of aliphatic hydroxyl groups is 1. The van der Waals surface area contributed by atoms with E-state index in [1.165, 1.54) is 6.08 Å². The summed E-state index contributed by atoms with van der Waals surface area (Å²) in [6.07, 6.45) is 3.08. The van der Waals surface area contributed by atoms with Crippen LogP contribution in [0.1, 0.15) is 0 Å². The third kappa shape index (κ3) is 5.89. The molecule has 0 aliphatic heterocycles. The zero-order valence-electron chi connectivity index (χ0n) is 3.91. The van der Waals surface area contributed by atoms with E-state index in [9.17, 15) is 0 Å². The summed E-state index contributed by atoms with van der Waals surface area (Å²) in [4.78, 5) is 0. The highest BCUT2D eigenvalue weighted by atomic mass is 31.1. The number of hydrogen-bond acceptors (Lipinski definition) is 3. The van der Waals surface area contributed by atoms with Gasteiger partial charge in [-0.05, 0) is 6.08 Å². The van der Waals surface area contributed by atoms with E-state index in [-0.39, 0.29) is 0 Å². The summed E-state index contributed by atoms with van der Waals surface area (Å²) in [5.74, 6) is 0. The zero-order valence-corrected chi connectivity index (χ0v) is 4.81. The number of aliphatic hydroxyl groups excluding tert-OH is 1. The van der Waals surface area contributed by atoms with Crippen LogP contribution in [0.15, 0.2) is 12.3 Å². The molecule has 3 nitrogen and oxygen atoms in total. The van der Waals surface area contributed by atoms with Gasteiger partial charge in [0.1, 0.15) is 0 Å². The van der Waals surface area contributed by atoms with E-state index in [1.54, 1.807) is 0 Å². The Labute approximate surface area is 43.9 Å². The van der Waals surface area contributed by atoms with E-state index in [0.717, 1.165) is 6.26 Å². The largest absolute Gasteiger partial charge is 0.516 e. The number of allylic oxidation sites excluding steroid dienone is 1. The summed E-state index contributed by atoms with van der Waals surface area (Å²) in [6, 6.07) is 0. The topological polar surface area (TPSA) is 72.3 Å². The molecule has 0 heterocycles. The van der Waals surface area contributed by atoms with Gasteiger partial charge in [0.25, 0.3) is 0 Å². The molecule has 0 unspecified atom stereocenters. The monoisotopic (exact) mass is 120 g/mol. The van der Waals surface area contributed by atoms with Gasteiger partial charge in [0.05, 0.1) is 6.26 Å². The first kappa shape index (κ1) is 6.89. The van der Waals surface area contributed by atoms with E-state index in [0.29, 0.717) is 6.16 Å². The van der Waals surface area contributed by atoms with Crippen LogP contribution in [-0.4, -0.2) is 11.3 Å². The quantitative estimate of drug-likeness (QED) is 0.362. The molecular formula is C3H9N2OP. The highest BCUT2D eigenvalue weighted by molar-refractivity contribution is 7.52. The second-order valence-corrected chi connectivity index (χ2v) is 2.48. The Hall–Kier alpha value is -0.110. The smallest absolute Gasteiger partial charge is 0.0756 e. The fraction of sp³-hybridized carbons (Fsp3) is 0.333. The van der Waals surface area contributed by atoms with Crippen molar-refractivity contribution >= 4 is 8.22 Å². The average molecular weight is 120 g/mol. The van der Waals surface area contributed by atoms with Crippen molar-refractivity contribution in [1.82, 2.24) is 0 Å². The molecule has 0 atom stereocenters. The molecule has 0 rings (SSSR count). The van der Waals surface area contributed by atoms with Gasteiger partial charge < -0.3 is 5.11 Å². The van der Waals surface area contributed by atoms with Gasteiger partial charge in [-0.2, -0.15) is 0 Å². The Morgan fingerprint density at radius 2 is 2.14 bits per heavy atom. The first-order valence-electron chi connectivity index (χ1n) is 1.83. The molecule has 0 aromatic rings. The van der Waals surface area contributed by atoms with Gasteiger partial charge in [-0.15, -0.1) is 0 Å². The van der Waals surface area contributed by atoms with E-state index in [2.05, 4.69) is 0 Å². The van der Waals surface area contributed by atoms with Gasteiger partial charge in [-0.3, -0.25) is 11.0 Å². The number of hydrogen-bond donors (Lipinski definition) is 3. The molecule has 0 saturated carbocycles. The summed E-state index contributed by atoms with van der Waals surface area (Å²) in [6.45, 7) is 0. The van der Waals surface area contributed by atoms with Crippen LogP contribution in [0.2, 0.25) is 0 Å². The summed E-state index contributed by atoms with van der Waals surface area (Å²) >= 11 is 0. The molecule has 42 valence electrons. The van der Waals surface area contributed by atoms with Gasteiger partial charge in [0.2, 0.25) is 0 Å². The first-order valence-corrected chi connectivity index (χ1v) is 3.50. The lowest BCUT2D eigenvalue weighted by Gasteiger charge is -1.95. The van der Waals surface area contributed by atoms with Gasteiger partial charge in [-0.25, -0.2) is 0 Å². The van der Waals surface area contributed by atoms with Crippen LogP contribution in [0.4, 0.5) is 0 Å². The molecule has 0 bridgehead atoms. The Morgan fingerprint density at radius 1 is 1.57 bits per heavy atom. The number of nitrogens with two attached hydrogens (primary N) is 2. The first-order chi connectivity index (χ1) is 3.27. The van der Waals surface area contributed by atoms with Crippen molar-refractivity contribution in [3.8, 4) is 0 Å². The lowest BCUT2D eigenvalue weighted by molar-refractivity contribution is 0.472. The predicted molar refractivity (Wildman–Crippen MR) is 31.9 cm³/mol. The maximum atomic E-state index is 8.03. The fourth-order valence-electron chi connectivity index (χ4n) is 0.169. The van der Waals surface area contributed by atoms with Crippen LogP contribution in [0.5, 0.6) is 0 Å². The predicted octanol–water partition coefficient (Wildman–Crippen LogP) is 0.287. The highest BCUT2D eigenvalue weighted by Gasteiger charge is 1.84. The van der Waals surface area contributed by atoms with Crippen molar-refractivity contribution in [2.45, 2.75) is 0 Å². The second-order valence-electron chi connectivity index (χ2n) is 1.08. The maximum absolute atomic E-state index is 8.03. The van der Waals surface area contributed by atoms with Crippen LogP contribution in [0.3, 0.4) is 0 Å². The van der Waals surface area contributed by atoms with Crippen molar-refractivity contribution in [3.05, 3.63) is 12.3 Å². The van der Waals surface area contributed by atoms with Gasteiger partial charge >= 0.3 is 0 Å². The summed E-state index contributed by atoms with van der Waals surface area (Å²) in [5, 5.41) is 8.03. The molecule has 0 aromatic heterocycles. The van der Waals surface area contributed by atoms with E-state index in [4.69, 9.17) is 16.1 Å². The molecule has 4 heteroatoms. The molecule has 0 amide bonds. The van der Waals surface area contributed by atoms with Crippen LogP contribution < -0.4 is 11.0 Å². The lowest BCUT2D eigenvalue weighted by atomic mass is 10.7. The Balaban J connectivity index is 2.97. The minimum absolute atomic E-state index is 0.589. The Morgan fingerprint density at radius 3 is 2.29 bits per heavy atom. The van der Waals surface area contributed by atoms with Crippen molar-refractivity contribution in [2.24, 2.45) is 11.0 Å². The van der Waals surface area contributed by atoms with E-state index in [1.807, 2.05) is 0 Å². The third-order valence-electron chi connectivity index (χ3n) is 0.422. The zero-order chi connectivity index (χ0) is 5.70. The minimum Gasteiger partial charge on any atom is -0.516 e. The number of rotatable bonds is 2. The second kappa shape index (κ2) is 4.06. The third-order valence-corrected chi connectivity index (χ3v) is 1.05. The highest BCUT2D eigenvalue weighted by Crippen LogP contribution is 2.10. The minimum atomic E-state index is -0.853. The lowest BCUT2D eigenvalue weighted by Crippen LogP contribution is -1.99. The van der Waals surface area contributed by atoms with Crippen molar-refractivity contribution in [2.75, 3.05) is 6.16 Å². The summed E-state index contributed by atoms with van der Waals surface area (Å²) in [5.41, 5.74) is 10.3. The average Bonchev–Trinajstić information content (AvgIpc) is 1.61. The summed E-state index contributed by atoms with van der Waals surface area (Å²) in [7, 11) is -0.853. The normalized spacial score (nSPS) is 11.3. The molecule has 0 radical (unpaired) electrons. The van der Waals surface area contributed by atoms with Crippen LogP contribution in [0, 0.1) is 0 Å². The van der Waals surface area contributed by atoms with Crippen LogP contribution in [0.25, 0.3) is 0 Å². The molecule has 0 saturated heterocycles. The van der Waals surface area contributed by atoms with Crippen molar-refractivity contribution < 1.29 is 5.11 Å². The van der Waals surface area contributed by atoms with E-state index < -0.39 is 8.22 Å². The molecule has 7 heavy (non-hydrogen) atoms. The van der Waals surface area contributed by atoms with Crippen molar-refractivity contribution in [1.29, 1.82) is 0 Å². The van der Waals surface area contributed by atoms with E-state index >= 15 is 0 Å². The molecular weight excluding hydrogens is 111 g/mol. The molecule has 0 aliphatic carbocycles. The Bertz CT molecular complexity index is 64.0. The van der Waals surface area contributed by atoms with Gasteiger partial charge in [-0.1, -0.05) is 0 Å². The standard InChI is InChI=1S/C3H9N2OP/c4-7(5)3-1-2-6/h1-2,6H,3-5H2. The van der Waals surface area contributed by atoms with Crippen LogP contribution >= 0.6 is 8.22 Å². The maximum Gasteiger partial charge on any atom is 0.0756 e. The summed E-state index contributed by atoms with van der Waals surface area (Å²) < 4.78 is 0. The molecule has 0 fully saturated rings. The fourth-order valence-corrected chi connectivity index (χ4v) is 0.507. The van der Waals surface area contributed by atoms with Gasteiger partial charge in [0.15, 0.2) is 0 Å². The molecule has 5 N–H and O–H groups in total. The van der Waals surface area contributed by atoms with Crippen molar-refractivity contribution in [3.63, 3.8) is 0 Å². The molecule has 0 spiro atoms. The van der Waals surface area contributed by atoms with Crippen LogP contribution in [-0.2, 0) is 0 Å². The Kier molecular flexibility index (Phi) is 4.00.